The van der Waals surface area contributed by atoms with Gasteiger partial charge in [0.05, 0.1) is 24.3 Å². The van der Waals surface area contributed by atoms with Crippen molar-refractivity contribution in [1.82, 2.24) is 0 Å². The molecule has 2 aromatic rings. The number of carbonyl (C=O) groups excluding carboxylic acids is 5. The molecule has 0 unspecified atom stereocenters. The van der Waals surface area contributed by atoms with Gasteiger partial charge in [-0.3, -0.25) is 24.0 Å². The molecule has 3 fully saturated rings. The van der Waals surface area contributed by atoms with Gasteiger partial charge in [0.1, 0.15) is 15.8 Å². The first-order valence-electron chi connectivity index (χ1n) is 13.9. The largest absolute Gasteiger partial charge is 0.365 e. The van der Waals surface area contributed by atoms with Gasteiger partial charge in [0.15, 0.2) is 5.79 Å². The lowest BCUT2D eigenvalue weighted by Gasteiger charge is -2.31. The molecule has 1 saturated heterocycles. The molecular formula is C28H32N4O7S2. The molecule has 41 heavy (non-hydrogen) atoms. The van der Waals surface area contributed by atoms with Crippen LogP contribution in [0.1, 0.15) is 80.1 Å². The number of carbonyl (C=O) groups is 5. The van der Waals surface area contributed by atoms with E-state index < -0.39 is 17.6 Å². The van der Waals surface area contributed by atoms with Crippen molar-refractivity contribution < 1.29 is 33.4 Å². The normalized spacial score (nSPS) is 20.4. The Balaban J connectivity index is 0.000000149. The predicted molar refractivity (Wildman–Crippen MR) is 152 cm³/mol. The van der Waals surface area contributed by atoms with Gasteiger partial charge in [-0.25, -0.2) is 0 Å². The van der Waals surface area contributed by atoms with Crippen molar-refractivity contribution in [1.29, 1.82) is 0 Å². The third-order valence-electron chi connectivity index (χ3n) is 8.05. The van der Waals surface area contributed by atoms with E-state index in [1.54, 1.807) is 0 Å². The highest BCUT2D eigenvalue weighted by atomic mass is 32.1. The molecule has 7 rings (SSSR count). The lowest BCUT2D eigenvalue weighted by atomic mass is 9.90. The SMILES string of the molecule is NC(=O)c1c(NC(=O)C2CC2)sc2c1CCC(=O)C2.NC(=O)c1c(NC(=O)C2CC2)sc2c1CCC1(C2)OCCO1. The number of hydrogen-bond donors (Lipinski definition) is 4. The number of anilines is 2. The van der Waals surface area contributed by atoms with Crippen LogP contribution in [0.4, 0.5) is 10.0 Å². The molecule has 218 valence electrons. The fraction of sp³-hybridized carbons (Fsp3) is 0.536. The van der Waals surface area contributed by atoms with Crippen LogP contribution in [0, 0.1) is 11.8 Å². The molecule has 6 N–H and O–H groups in total. The zero-order valence-electron chi connectivity index (χ0n) is 22.5. The number of ketones is 1. The summed E-state index contributed by atoms with van der Waals surface area (Å²) in [4.78, 5) is 60.6. The van der Waals surface area contributed by atoms with Crippen molar-refractivity contribution in [2.45, 2.75) is 70.0 Å². The summed E-state index contributed by atoms with van der Waals surface area (Å²) in [5.41, 5.74) is 13.6. The summed E-state index contributed by atoms with van der Waals surface area (Å²) in [5.74, 6) is -1.29. The quantitative estimate of drug-likeness (QED) is 0.393. The summed E-state index contributed by atoms with van der Waals surface area (Å²) in [7, 11) is 0. The fourth-order valence-corrected chi connectivity index (χ4v) is 8.21. The fourth-order valence-electron chi connectivity index (χ4n) is 5.58. The summed E-state index contributed by atoms with van der Waals surface area (Å²) >= 11 is 2.75. The maximum atomic E-state index is 12.0. The Morgan fingerprint density at radius 3 is 1.78 bits per heavy atom. The maximum Gasteiger partial charge on any atom is 0.251 e. The number of fused-ring (bicyclic) bond motifs is 2. The van der Waals surface area contributed by atoms with Crippen molar-refractivity contribution >= 4 is 62.1 Å². The summed E-state index contributed by atoms with van der Waals surface area (Å²) < 4.78 is 11.5. The predicted octanol–water partition coefficient (Wildman–Crippen LogP) is 2.68. The second-order valence-corrected chi connectivity index (χ2v) is 13.4. The van der Waals surface area contributed by atoms with Gasteiger partial charge in [-0.15, -0.1) is 22.7 Å². The van der Waals surface area contributed by atoms with Crippen molar-refractivity contribution in [3.8, 4) is 0 Å². The smallest absolute Gasteiger partial charge is 0.251 e. The highest BCUT2D eigenvalue weighted by molar-refractivity contribution is 7.17. The lowest BCUT2D eigenvalue weighted by Crippen LogP contribution is -2.36. The molecule has 0 atom stereocenters. The van der Waals surface area contributed by atoms with E-state index in [1.165, 1.54) is 22.7 Å². The van der Waals surface area contributed by atoms with Crippen LogP contribution >= 0.6 is 22.7 Å². The average molecular weight is 601 g/mol. The minimum absolute atomic E-state index is 0.0100. The Bertz CT molecular complexity index is 1450. The van der Waals surface area contributed by atoms with Gasteiger partial charge in [0, 0.05) is 47.3 Å². The zero-order chi connectivity index (χ0) is 28.9. The maximum absolute atomic E-state index is 12.0. The number of nitrogens with two attached hydrogens (primary N) is 2. The molecule has 3 heterocycles. The first kappa shape index (κ1) is 28.0. The minimum atomic E-state index is -0.551. The van der Waals surface area contributed by atoms with Gasteiger partial charge in [-0.2, -0.15) is 0 Å². The van der Waals surface area contributed by atoms with Crippen LogP contribution < -0.4 is 22.1 Å². The molecule has 0 radical (unpaired) electrons. The van der Waals surface area contributed by atoms with Crippen molar-refractivity contribution in [3.05, 3.63) is 32.0 Å². The number of hydrogen-bond acceptors (Lipinski definition) is 9. The molecule has 13 heteroatoms. The van der Waals surface area contributed by atoms with Crippen molar-refractivity contribution in [2.75, 3.05) is 23.8 Å². The molecular weight excluding hydrogens is 568 g/mol. The molecule has 0 bridgehead atoms. The van der Waals surface area contributed by atoms with Crippen molar-refractivity contribution in [3.63, 3.8) is 0 Å². The van der Waals surface area contributed by atoms with Crippen molar-refractivity contribution in [2.24, 2.45) is 23.3 Å². The van der Waals surface area contributed by atoms with E-state index in [2.05, 4.69) is 10.6 Å². The summed E-state index contributed by atoms with van der Waals surface area (Å²) in [5, 5.41) is 6.79. The number of amides is 4. The molecule has 2 aromatic heterocycles. The number of thiophene rings is 2. The minimum Gasteiger partial charge on any atom is -0.365 e. The summed E-state index contributed by atoms with van der Waals surface area (Å²) in [6, 6.07) is 0. The number of Topliss-reactive ketones (excluding diaryl/α,β-unsaturated/α-hetero) is 1. The molecule has 1 spiro atoms. The Hall–Kier alpha value is -3.13. The van der Waals surface area contributed by atoms with Gasteiger partial charge in [0.2, 0.25) is 11.8 Å². The second kappa shape index (κ2) is 10.9. The highest BCUT2D eigenvalue weighted by Crippen LogP contribution is 2.44. The van der Waals surface area contributed by atoms with Crippen LogP contribution in [0.3, 0.4) is 0 Å². The monoisotopic (exact) mass is 600 g/mol. The second-order valence-electron chi connectivity index (χ2n) is 11.2. The van der Waals surface area contributed by atoms with Crippen LogP contribution in [0.15, 0.2) is 0 Å². The Labute approximate surface area is 244 Å². The Kier molecular flexibility index (Phi) is 7.47. The zero-order valence-corrected chi connectivity index (χ0v) is 24.1. The number of nitrogens with one attached hydrogen (secondary N) is 2. The first-order chi connectivity index (χ1) is 19.6. The van der Waals surface area contributed by atoms with Crippen LogP contribution in [0.25, 0.3) is 0 Å². The van der Waals surface area contributed by atoms with Crippen LogP contribution in [0.5, 0.6) is 0 Å². The third-order valence-corrected chi connectivity index (χ3v) is 10.3. The van der Waals surface area contributed by atoms with E-state index >= 15 is 0 Å². The van der Waals surface area contributed by atoms with E-state index in [9.17, 15) is 24.0 Å². The summed E-state index contributed by atoms with van der Waals surface area (Å²) in [6.07, 6.45) is 7.01. The van der Waals surface area contributed by atoms with E-state index in [1.807, 2.05) is 0 Å². The van der Waals surface area contributed by atoms with E-state index in [-0.39, 0.29) is 29.4 Å². The molecule has 11 nitrogen and oxygen atoms in total. The summed E-state index contributed by atoms with van der Waals surface area (Å²) in [6.45, 7) is 1.21. The van der Waals surface area contributed by atoms with E-state index in [0.717, 1.165) is 46.6 Å². The van der Waals surface area contributed by atoms with Gasteiger partial charge >= 0.3 is 0 Å². The topological polar surface area (TPSA) is 180 Å². The Morgan fingerprint density at radius 2 is 1.27 bits per heavy atom. The number of rotatable bonds is 6. The molecule has 0 aromatic carbocycles. The lowest BCUT2D eigenvalue weighted by molar-refractivity contribution is -0.163. The molecule has 4 amide bonds. The van der Waals surface area contributed by atoms with E-state index in [4.69, 9.17) is 20.9 Å². The average Bonchev–Trinajstić information content (AvgIpc) is 3.84. The molecule has 4 aliphatic carbocycles. The number of primary amides is 2. The third kappa shape index (κ3) is 5.81. The standard InChI is InChI=1S/C15H18N2O4S.C13H14N2O3S/c16-12(18)11-9-3-4-15(20-5-6-21-15)7-10(9)22-14(11)17-13(19)8-1-2-8;14-11(17)10-8-4-3-7(16)5-9(8)19-13(10)15-12(18)6-1-2-6/h8H,1-7H2,(H2,16,18)(H,17,19);6H,1-5H2,(H2,14,17)(H,15,18). The van der Waals surface area contributed by atoms with Crippen LogP contribution in [-0.2, 0) is 49.5 Å². The van der Waals surface area contributed by atoms with Gasteiger partial charge in [-0.05, 0) is 49.7 Å². The number of ether oxygens (including phenoxy) is 2. The van der Waals surface area contributed by atoms with Gasteiger partial charge in [-0.1, -0.05) is 0 Å². The van der Waals surface area contributed by atoms with E-state index in [0.29, 0.717) is 72.9 Å². The van der Waals surface area contributed by atoms with Crippen LogP contribution in [-0.4, -0.2) is 48.4 Å². The highest BCUT2D eigenvalue weighted by Gasteiger charge is 2.43. The van der Waals surface area contributed by atoms with Crippen LogP contribution in [0.2, 0.25) is 0 Å². The first-order valence-corrected chi connectivity index (χ1v) is 15.6. The molecule has 5 aliphatic rings. The van der Waals surface area contributed by atoms with Gasteiger partial charge < -0.3 is 31.6 Å². The van der Waals surface area contributed by atoms with Gasteiger partial charge in [0.25, 0.3) is 11.8 Å². The molecule has 2 saturated carbocycles. The molecule has 1 aliphatic heterocycles. The Morgan fingerprint density at radius 1 is 0.756 bits per heavy atom.